The second kappa shape index (κ2) is 5.61. The fourth-order valence-corrected chi connectivity index (χ4v) is 3.42. The van der Waals surface area contributed by atoms with E-state index in [-0.39, 0.29) is 17.1 Å². The summed E-state index contributed by atoms with van der Waals surface area (Å²) in [6.45, 7) is 0. The van der Waals surface area contributed by atoms with Crippen molar-refractivity contribution in [3.05, 3.63) is 23.5 Å². The van der Waals surface area contributed by atoms with Gasteiger partial charge >= 0.3 is 5.97 Å². The highest BCUT2D eigenvalue weighted by atomic mass is 32.2. The van der Waals surface area contributed by atoms with Gasteiger partial charge in [0.15, 0.2) is 0 Å². The fraction of sp³-hybridized carbons (Fsp3) is 0.462. The van der Waals surface area contributed by atoms with Gasteiger partial charge in [-0.1, -0.05) is 12.8 Å². The SMILES string of the molecule is COC(=O)c1cc(SC2CCCC2)c(F)cc1N. The van der Waals surface area contributed by atoms with Crippen molar-refractivity contribution in [3.8, 4) is 0 Å². The molecular weight excluding hydrogens is 253 g/mol. The molecule has 1 aromatic rings. The van der Waals surface area contributed by atoms with Crippen molar-refractivity contribution in [3.63, 3.8) is 0 Å². The van der Waals surface area contributed by atoms with Crippen LogP contribution in [-0.2, 0) is 4.74 Å². The lowest BCUT2D eigenvalue weighted by atomic mass is 10.2. The number of anilines is 1. The van der Waals surface area contributed by atoms with Crippen molar-refractivity contribution in [1.29, 1.82) is 0 Å². The third-order valence-electron chi connectivity index (χ3n) is 3.11. The summed E-state index contributed by atoms with van der Waals surface area (Å²) >= 11 is 1.49. The zero-order valence-electron chi connectivity index (χ0n) is 10.2. The molecule has 0 aliphatic heterocycles. The standard InChI is InChI=1S/C13H16FNO2S/c1-17-13(16)9-6-12(10(14)7-11(9)15)18-8-4-2-3-5-8/h6-8H,2-5,15H2,1H3. The lowest BCUT2D eigenvalue weighted by Gasteiger charge is -2.12. The van der Waals surface area contributed by atoms with Crippen LogP contribution in [0.3, 0.4) is 0 Å². The Kier molecular flexibility index (Phi) is 4.11. The molecule has 0 radical (unpaired) electrons. The number of nitrogen functional groups attached to an aromatic ring is 1. The van der Waals surface area contributed by atoms with E-state index < -0.39 is 5.97 Å². The Hall–Kier alpha value is -1.23. The van der Waals surface area contributed by atoms with Gasteiger partial charge in [0.25, 0.3) is 0 Å². The van der Waals surface area contributed by atoms with Crippen LogP contribution in [0.5, 0.6) is 0 Å². The smallest absolute Gasteiger partial charge is 0.339 e. The number of thioether (sulfide) groups is 1. The van der Waals surface area contributed by atoms with Gasteiger partial charge in [0.05, 0.1) is 12.7 Å². The van der Waals surface area contributed by atoms with E-state index in [0.717, 1.165) is 12.8 Å². The number of hydrogen-bond donors (Lipinski definition) is 1. The van der Waals surface area contributed by atoms with Crippen LogP contribution in [0, 0.1) is 5.82 Å². The first-order chi connectivity index (χ1) is 8.61. The Labute approximate surface area is 110 Å². The summed E-state index contributed by atoms with van der Waals surface area (Å²) < 4.78 is 18.4. The lowest BCUT2D eigenvalue weighted by Crippen LogP contribution is -2.07. The van der Waals surface area contributed by atoms with Crippen LogP contribution in [0.1, 0.15) is 36.0 Å². The molecule has 98 valence electrons. The van der Waals surface area contributed by atoms with E-state index >= 15 is 0 Å². The number of methoxy groups -OCH3 is 1. The first-order valence-electron chi connectivity index (χ1n) is 5.96. The van der Waals surface area contributed by atoms with E-state index in [1.807, 2.05) is 0 Å². The van der Waals surface area contributed by atoms with Crippen LogP contribution in [0.15, 0.2) is 17.0 Å². The molecule has 1 aliphatic rings. The maximum Gasteiger partial charge on any atom is 0.339 e. The van der Waals surface area contributed by atoms with Crippen LogP contribution >= 0.6 is 11.8 Å². The zero-order chi connectivity index (χ0) is 13.1. The summed E-state index contributed by atoms with van der Waals surface area (Å²) in [6, 6.07) is 2.70. The monoisotopic (exact) mass is 269 g/mol. The second-order valence-electron chi connectivity index (χ2n) is 4.39. The van der Waals surface area contributed by atoms with E-state index in [9.17, 15) is 9.18 Å². The molecule has 0 spiro atoms. The van der Waals surface area contributed by atoms with E-state index in [1.165, 1.54) is 43.8 Å². The Morgan fingerprint density at radius 1 is 1.44 bits per heavy atom. The molecule has 0 atom stereocenters. The molecule has 1 aromatic carbocycles. The average Bonchev–Trinajstić information content (AvgIpc) is 2.84. The molecular formula is C13H16FNO2S. The molecule has 5 heteroatoms. The maximum atomic E-state index is 13.8. The van der Waals surface area contributed by atoms with Crippen molar-refractivity contribution < 1.29 is 13.9 Å². The molecule has 3 nitrogen and oxygen atoms in total. The number of halogens is 1. The van der Waals surface area contributed by atoms with Gasteiger partial charge in [-0.2, -0.15) is 0 Å². The van der Waals surface area contributed by atoms with Gasteiger partial charge in [0.1, 0.15) is 5.82 Å². The number of benzene rings is 1. The number of carbonyl (C=O) groups is 1. The highest BCUT2D eigenvalue weighted by molar-refractivity contribution is 8.00. The zero-order valence-corrected chi connectivity index (χ0v) is 11.1. The van der Waals surface area contributed by atoms with Crippen LogP contribution in [0.4, 0.5) is 10.1 Å². The van der Waals surface area contributed by atoms with Crippen molar-refractivity contribution in [1.82, 2.24) is 0 Å². The minimum absolute atomic E-state index is 0.120. The molecule has 0 aromatic heterocycles. The number of ether oxygens (including phenoxy) is 1. The molecule has 2 N–H and O–H groups in total. The summed E-state index contributed by atoms with van der Waals surface area (Å²) in [4.78, 5) is 12.0. The first-order valence-corrected chi connectivity index (χ1v) is 6.83. The Morgan fingerprint density at radius 3 is 2.72 bits per heavy atom. The topological polar surface area (TPSA) is 52.3 Å². The normalized spacial score (nSPS) is 15.9. The van der Waals surface area contributed by atoms with Gasteiger partial charge in [-0.15, -0.1) is 11.8 Å². The lowest BCUT2D eigenvalue weighted by molar-refractivity contribution is 0.0601. The molecule has 0 saturated heterocycles. The largest absolute Gasteiger partial charge is 0.465 e. The number of hydrogen-bond acceptors (Lipinski definition) is 4. The third kappa shape index (κ3) is 2.77. The molecule has 1 fully saturated rings. The van der Waals surface area contributed by atoms with Crippen LogP contribution in [0.2, 0.25) is 0 Å². The molecule has 0 bridgehead atoms. The van der Waals surface area contributed by atoms with E-state index in [1.54, 1.807) is 0 Å². The summed E-state index contributed by atoms with van der Waals surface area (Å²) in [5.74, 6) is -0.891. The van der Waals surface area contributed by atoms with E-state index in [4.69, 9.17) is 5.73 Å². The van der Waals surface area contributed by atoms with Gasteiger partial charge in [0, 0.05) is 15.8 Å². The quantitative estimate of drug-likeness (QED) is 0.676. The van der Waals surface area contributed by atoms with Crippen LogP contribution in [-0.4, -0.2) is 18.3 Å². The highest BCUT2D eigenvalue weighted by Crippen LogP contribution is 2.37. The van der Waals surface area contributed by atoms with Crippen LogP contribution < -0.4 is 5.73 Å². The summed E-state index contributed by atoms with van der Waals surface area (Å²) in [6.07, 6.45) is 4.58. The van der Waals surface area contributed by atoms with Gasteiger partial charge in [-0.05, 0) is 25.0 Å². The van der Waals surface area contributed by atoms with Crippen LogP contribution in [0.25, 0.3) is 0 Å². The molecule has 0 heterocycles. The summed E-state index contributed by atoms with van der Waals surface area (Å²) in [7, 11) is 1.29. The Bertz CT molecular complexity index is 459. The third-order valence-corrected chi connectivity index (χ3v) is 4.48. The molecule has 18 heavy (non-hydrogen) atoms. The predicted octanol–water partition coefficient (Wildman–Crippen LogP) is 3.23. The van der Waals surface area contributed by atoms with Gasteiger partial charge in [0.2, 0.25) is 0 Å². The molecule has 0 amide bonds. The fourth-order valence-electron chi connectivity index (χ4n) is 2.13. The number of carbonyl (C=O) groups excluding carboxylic acids is 1. The molecule has 0 unspecified atom stereocenters. The van der Waals surface area contributed by atoms with Crippen molar-refractivity contribution in [2.45, 2.75) is 35.8 Å². The van der Waals surface area contributed by atoms with E-state index in [0.29, 0.717) is 10.1 Å². The first kappa shape index (κ1) is 13.2. The van der Waals surface area contributed by atoms with Crippen molar-refractivity contribution in [2.75, 3.05) is 12.8 Å². The van der Waals surface area contributed by atoms with Gasteiger partial charge in [-0.3, -0.25) is 0 Å². The minimum Gasteiger partial charge on any atom is -0.465 e. The molecule has 1 aliphatic carbocycles. The summed E-state index contributed by atoms with van der Waals surface area (Å²) in [5, 5.41) is 0.439. The second-order valence-corrected chi connectivity index (χ2v) is 5.73. The highest BCUT2D eigenvalue weighted by Gasteiger charge is 2.20. The molecule has 1 saturated carbocycles. The number of rotatable bonds is 3. The maximum absolute atomic E-state index is 13.8. The Morgan fingerprint density at radius 2 is 2.11 bits per heavy atom. The van der Waals surface area contributed by atoms with Gasteiger partial charge in [-0.25, -0.2) is 9.18 Å². The predicted molar refractivity (Wildman–Crippen MR) is 70.3 cm³/mol. The number of esters is 1. The van der Waals surface area contributed by atoms with E-state index in [2.05, 4.69) is 4.74 Å². The Balaban J connectivity index is 2.25. The molecule has 2 rings (SSSR count). The van der Waals surface area contributed by atoms with Crippen molar-refractivity contribution >= 4 is 23.4 Å². The van der Waals surface area contributed by atoms with Crippen molar-refractivity contribution in [2.24, 2.45) is 0 Å². The average molecular weight is 269 g/mol. The minimum atomic E-state index is -0.527. The van der Waals surface area contributed by atoms with Gasteiger partial charge < -0.3 is 10.5 Å². The number of nitrogens with two attached hydrogens (primary N) is 1. The summed E-state index contributed by atoms with van der Waals surface area (Å²) in [5.41, 5.74) is 5.98.